The lowest BCUT2D eigenvalue weighted by molar-refractivity contribution is -0.126. The maximum atomic E-state index is 11.8. The van der Waals surface area contributed by atoms with Gasteiger partial charge in [-0.2, -0.15) is 0 Å². The maximum Gasteiger partial charge on any atom is 0.231 e. The van der Waals surface area contributed by atoms with Gasteiger partial charge < -0.3 is 15.5 Å². The number of thiocarbonyl (C=S) groups is 1. The predicted molar refractivity (Wildman–Crippen MR) is 89.3 cm³/mol. The Hall–Kier alpha value is -1.95. The fraction of sp³-hybridized carbons (Fsp3) is 0.400. The molecule has 2 N–H and O–H groups in total. The molecule has 2 amide bonds. The van der Waals surface area contributed by atoms with Crippen LogP contribution in [-0.4, -0.2) is 24.0 Å². The number of hydrogen-bond donors (Lipinski definition) is 2. The quantitative estimate of drug-likeness (QED) is 0.824. The standard InChI is InChI=1S/C15H21N3O2S/c1-10(19)18(5)12-8-6-11(7-9-12)16-14(21)17-13(20)15(2,3)4/h6-9H,1-5H3,(H2,16,17,20,21). The molecule has 0 atom stereocenters. The van der Waals surface area contributed by atoms with Gasteiger partial charge in [-0.1, -0.05) is 20.8 Å². The van der Waals surface area contributed by atoms with Crippen molar-refractivity contribution in [2.45, 2.75) is 27.7 Å². The van der Waals surface area contributed by atoms with Gasteiger partial charge in [-0.05, 0) is 36.5 Å². The Bertz CT molecular complexity index is 547. The molecular formula is C15H21N3O2S. The van der Waals surface area contributed by atoms with Gasteiger partial charge in [0, 0.05) is 30.8 Å². The fourth-order valence-corrected chi connectivity index (χ4v) is 1.61. The summed E-state index contributed by atoms with van der Waals surface area (Å²) >= 11 is 5.10. The van der Waals surface area contributed by atoms with Crippen LogP contribution < -0.4 is 15.5 Å². The van der Waals surface area contributed by atoms with Gasteiger partial charge >= 0.3 is 0 Å². The molecule has 0 spiro atoms. The van der Waals surface area contributed by atoms with E-state index in [0.29, 0.717) is 0 Å². The van der Waals surface area contributed by atoms with E-state index in [2.05, 4.69) is 10.6 Å². The summed E-state index contributed by atoms with van der Waals surface area (Å²) in [7, 11) is 1.71. The number of amides is 2. The zero-order valence-electron chi connectivity index (χ0n) is 13.0. The summed E-state index contributed by atoms with van der Waals surface area (Å²) in [5.74, 6) is -0.184. The first-order valence-electron chi connectivity index (χ1n) is 6.58. The van der Waals surface area contributed by atoms with E-state index >= 15 is 0 Å². The smallest absolute Gasteiger partial charge is 0.231 e. The molecule has 114 valence electrons. The van der Waals surface area contributed by atoms with E-state index in [1.54, 1.807) is 36.2 Å². The summed E-state index contributed by atoms with van der Waals surface area (Å²) in [6, 6.07) is 7.20. The van der Waals surface area contributed by atoms with Crippen LogP contribution in [-0.2, 0) is 9.59 Å². The monoisotopic (exact) mass is 307 g/mol. The van der Waals surface area contributed by atoms with Crippen molar-refractivity contribution in [3.8, 4) is 0 Å². The molecule has 0 unspecified atom stereocenters. The summed E-state index contributed by atoms with van der Waals surface area (Å²) in [6.45, 7) is 6.95. The van der Waals surface area contributed by atoms with Crippen LogP contribution in [0.25, 0.3) is 0 Å². The van der Waals surface area contributed by atoms with Crippen molar-refractivity contribution in [1.29, 1.82) is 0 Å². The molecular weight excluding hydrogens is 286 g/mol. The minimum atomic E-state index is -0.500. The molecule has 0 saturated heterocycles. The van der Waals surface area contributed by atoms with E-state index in [1.165, 1.54) is 6.92 Å². The van der Waals surface area contributed by atoms with Crippen molar-refractivity contribution in [2.24, 2.45) is 5.41 Å². The SMILES string of the molecule is CC(=O)N(C)c1ccc(NC(=S)NC(=O)C(C)(C)C)cc1. The van der Waals surface area contributed by atoms with Crippen molar-refractivity contribution in [1.82, 2.24) is 5.32 Å². The average molecular weight is 307 g/mol. The van der Waals surface area contributed by atoms with Crippen molar-refractivity contribution in [3.63, 3.8) is 0 Å². The van der Waals surface area contributed by atoms with Crippen molar-refractivity contribution < 1.29 is 9.59 Å². The second-order valence-corrected chi connectivity index (χ2v) is 6.19. The van der Waals surface area contributed by atoms with Crippen LogP contribution in [0.2, 0.25) is 0 Å². The molecule has 0 bridgehead atoms. The van der Waals surface area contributed by atoms with Gasteiger partial charge in [0.2, 0.25) is 11.8 Å². The number of benzene rings is 1. The Balaban J connectivity index is 2.66. The van der Waals surface area contributed by atoms with E-state index < -0.39 is 5.41 Å². The van der Waals surface area contributed by atoms with Crippen LogP contribution in [0, 0.1) is 5.41 Å². The predicted octanol–water partition coefficient (Wildman–Crippen LogP) is 2.53. The number of nitrogens with one attached hydrogen (secondary N) is 2. The number of anilines is 2. The van der Waals surface area contributed by atoms with Crippen LogP contribution in [0.5, 0.6) is 0 Å². The van der Waals surface area contributed by atoms with Crippen LogP contribution in [0.3, 0.4) is 0 Å². The topological polar surface area (TPSA) is 61.4 Å². The van der Waals surface area contributed by atoms with Crippen molar-refractivity contribution >= 4 is 40.5 Å². The summed E-state index contributed by atoms with van der Waals surface area (Å²) in [6.07, 6.45) is 0. The normalized spacial score (nSPS) is 10.7. The highest BCUT2D eigenvalue weighted by Gasteiger charge is 2.21. The Kier molecular flexibility index (Phi) is 5.43. The van der Waals surface area contributed by atoms with E-state index in [-0.39, 0.29) is 16.9 Å². The van der Waals surface area contributed by atoms with Gasteiger partial charge in [-0.15, -0.1) is 0 Å². The fourth-order valence-electron chi connectivity index (χ4n) is 1.40. The third kappa shape index (κ3) is 5.15. The average Bonchev–Trinajstić information content (AvgIpc) is 2.37. The summed E-state index contributed by atoms with van der Waals surface area (Å²) < 4.78 is 0. The number of carbonyl (C=O) groups is 2. The molecule has 0 heterocycles. The van der Waals surface area contributed by atoms with Gasteiger partial charge in [0.1, 0.15) is 0 Å². The van der Waals surface area contributed by atoms with Crippen LogP contribution in [0.4, 0.5) is 11.4 Å². The molecule has 1 aromatic carbocycles. The Morgan fingerprint density at radius 3 is 2.10 bits per heavy atom. The molecule has 5 nitrogen and oxygen atoms in total. The third-order valence-electron chi connectivity index (χ3n) is 2.89. The van der Waals surface area contributed by atoms with Gasteiger partial charge in [0.25, 0.3) is 0 Å². The van der Waals surface area contributed by atoms with Crippen LogP contribution in [0.15, 0.2) is 24.3 Å². The molecule has 0 fully saturated rings. The zero-order valence-corrected chi connectivity index (χ0v) is 13.8. The van der Waals surface area contributed by atoms with E-state index in [9.17, 15) is 9.59 Å². The highest BCUT2D eigenvalue weighted by Crippen LogP contribution is 2.17. The zero-order chi connectivity index (χ0) is 16.2. The Labute approximate surface area is 130 Å². The molecule has 0 aliphatic carbocycles. The second kappa shape index (κ2) is 6.67. The first-order valence-corrected chi connectivity index (χ1v) is 6.99. The van der Waals surface area contributed by atoms with E-state index in [0.717, 1.165) is 11.4 Å². The Morgan fingerprint density at radius 1 is 1.14 bits per heavy atom. The minimum absolute atomic E-state index is 0.0383. The molecule has 1 rings (SSSR count). The van der Waals surface area contributed by atoms with Gasteiger partial charge in [0.05, 0.1) is 0 Å². The highest BCUT2D eigenvalue weighted by molar-refractivity contribution is 7.80. The molecule has 0 aromatic heterocycles. The second-order valence-electron chi connectivity index (χ2n) is 5.78. The van der Waals surface area contributed by atoms with Crippen LogP contribution in [0.1, 0.15) is 27.7 Å². The number of carbonyl (C=O) groups excluding carboxylic acids is 2. The number of hydrogen-bond acceptors (Lipinski definition) is 3. The van der Waals surface area contributed by atoms with Crippen molar-refractivity contribution in [2.75, 3.05) is 17.3 Å². The molecule has 0 radical (unpaired) electrons. The van der Waals surface area contributed by atoms with Gasteiger partial charge in [-0.3, -0.25) is 9.59 Å². The summed E-state index contributed by atoms with van der Waals surface area (Å²) in [5, 5.41) is 5.83. The number of rotatable bonds is 2. The first kappa shape index (κ1) is 17.1. The number of nitrogens with zero attached hydrogens (tertiary/aromatic N) is 1. The summed E-state index contributed by atoms with van der Waals surface area (Å²) in [5.41, 5.74) is 1.03. The molecule has 0 saturated carbocycles. The molecule has 1 aromatic rings. The molecule has 0 aliphatic heterocycles. The Morgan fingerprint density at radius 2 is 1.67 bits per heavy atom. The largest absolute Gasteiger partial charge is 0.332 e. The lowest BCUT2D eigenvalue weighted by atomic mass is 9.96. The molecule has 6 heteroatoms. The maximum absolute atomic E-state index is 11.8. The van der Waals surface area contributed by atoms with Crippen molar-refractivity contribution in [3.05, 3.63) is 24.3 Å². The van der Waals surface area contributed by atoms with E-state index in [4.69, 9.17) is 12.2 Å². The highest BCUT2D eigenvalue weighted by atomic mass is 32.1. The lowest BCUT2D eigenvalue weighted by Gasteiger charge is -2.19. The summed E-state index contributed by atoms with van der Waals surface area (Å²) in [4.78, 5) is 24.6. The van der Waals surface area contributed by atoms with Gasteiger partial charge in [-0.25, -0.2) is 0 Å². The van der Waals surface area contributed by atoms with Crippen LogP contribution >= 0.6 is 12.2 Å². The third-order valence-corrected chi connectivity index (χ3v) is 3.10. The molecule has 0 aliphatic rings. The molecule has 21 heavy (non-hydrogen) atoms. The van der Waals surface area contributed by atoms with E-state index in [1.807, 2.05) is 20.8 Å². The lowest BCUT2D eigenvalue weighted by Crippen LogP contribution is -2.41. The minimum Gasteiger partial charge on any atom is -0.332 e. The first-order chi connectivity index (χ1) is 9.61. The van der Waals surface area contributed by atoms with Gasteiger partial charge in [0.15, 0.2) is 5.11 Å².